The maximum atomic E-state index is 11.1. The van der Waals surface area contributed by atoms with Crippen molar-refractivity contribution < 1.29 is 9.90 Å². The van der Waals surface area contributed by atoms with Crippen molar-refractivity contribution in [1.29, 1.82) is 0 Å². The van der Waals surface area contributed by atoms with Crippen LogP contribution in [0.3, 0.4) is 0 Å². The number of carbonyl (C=O) groups is 1. The fourth-order valence-electron chi connectivity index (χ4n) is 1.75. The lowest BCUT2D eigenvalue weighted by atomic mass is 10.3. The first-order valence-electron chi connectivity index (χ1n) is 4.91. The largest absolute Gasteiger partial charge is 0.475 e. The Morgan fingerprint density at radius 1 is 1.50 bits per heavy atom. The smallest absolute Gasteiger partial charge is 0.372 e. The molecule has 16 heavy (non-hydrogen) atoms. The molecule has 0 aliphatic carbocycles. The van der Waals surface area contributed by atoms with Crippen molar-refractivity contribution in [1.82, 2.24) is 9.55 Å². The molecule has 0 atom stereocenters. The molecule has 0 saturated heterocycles. The number of nitrogens with zero attached hydrogens (tertiary/aromatic N) is 2. The van der Waals surface area contributed by atoms with Crippen LogP contribution in [0.4, 0.5) is 0 Å². The molecule has 2 aromatic rings. The summed E-state index contributed by atoms with van der Waals surface area (Å²) in [6.45, 7) is 3.84. The highest BCUT2D eigenvalue weighted by Gasteiger charge is 2.18. The van der Waals surface area contributed by atoms with Crippen molar-refractivity contribution >= 4 is 28.6 Å². The third kappa shape index (κ3) is 1.65. The number of aromatic nitrogens is 2. The molecule has 0 amide bonds. The molecular formula is C11H11ClN2O2. The van der Waals surface area contributed by atoms with Gasteiger partial charge in [-0.05, 0) is 32.0 Å². The second-order valence-electron chi connectivity index (χ2n) is 3.84. The van der Waals surface area contributed by atoms with Crippen molar-refractivity contribution in [3.63, 3.8) is 0 Å². The van der Waals surface area contributed by atoms with Gasteiger partial charge in [0.15, 0.2) is 0 Å². The molecule has 0 unspecified atom stereocenters. The predicted octanol–water partition coefficient (Wildman–Crippen LogP) is 2.97. The topological polar surface area (TPSA) is 55.1 Å². The quantitative estimate of drug-likeness (QED) is 0.875. The molecule has 5 heteroatoms. The average molecular weight is 239 g/mol. The number of carboxylic acids is 1. The van der Waals surface area contributed by atoms with Crippen molar-refractivity contribution in [2.24, 2.45) is 0 Å². The van der Waals surface area contributed by atoms with Crippen LogP contribution in [0, 0.1) is 0 Å². The van der Waals surface area contributed by atoms with Crippen LogP contribution in [0.5, 0.6) is 0 Å². The van der Waals surface area contributed by atoms with Crippen molar-refractivity contribution in [3.05, 3.63) is 29.0 Å². The Balaban J connectivity index is 2.81. The van der Waals surface area contributed by atoms with Crippen molar-refractivity contribution in [2.45, 2.75) is 19.9 Å². The van der Waals surface area contributed by atoms with Gasteiger partial charge in [0.2, 0.25) is 5.82 Å². The van der Waals surface area contributed by atoms with E-state index in [4.69, 9.17) is 16.7 Å². The second kappa shape index (κ2) is 3.79. The maximum Gasteiger partial charge on any atom is 0.372 e. The summed E-state index contributed by atoms with van der Waals surface area (Å²) in [6.07, 6.45) is 0. The van der Waals surface area contributed by atoms with Gasteiger partial charge in [-0.2, -0.15) is 0 Å². The number of benzene rings is 1. The minimum atomic E-state index is -1.03. The first kappa shape index (κ1) is 11.0. The number of aromatic carboxylic acids is 1. The van der Waals surface area contributed by atoms with Gasteiger partial charge in [0.1, 0.15) is 0 Å². The molecule has 0 aliphatic rings. The molecule has 0 aliphatic heterocycles. The summed E-state index contributed by atoms with van der Waals surface area (Å²) in [4.78, 5) is 15.1. The second-order valence-corrected chi connectivity index (χ2v) is 4.27. The van der Waals surface area contributed by atoms with Gasteiger partial charge in [-0.1, -0.05) is 11.6 Å². The highest BCUT2D eigenvalue weighted by atomic mass is 35.5. The van der Waals surface area contributed by atoms with E-state index in [1.807, 2.05) is 13.8 Å². The fraction of sp³-hybridized carbons (Fsp3) is 0.273. The minimum Gasteiger partial charge on any atom is -0.475 e. The van der Waals surface area contributed by atoms with Crippen LogP contribution < -0.4 is 0 Å². The Morgan fingerprint density at radius 2 is 2.19 bits per heavy atom. The Hall–Kier alpha value is -1.55. The molecule has 0 radical (unpaired) electrons. The first-order valence-corrected chi connectivity index (χ1v) is 5.29. The molecule has 0 spiro atoms. The van der Waals surface area contributed by atoms with E-state index in [9.17, 15) is 4.79 Å². The molecule has 2 rings (SSSR count). The van der Waals surface area contributed by atoms with Gasteiger partial charge in [0.05, 0.1) is 11.0 Å². The molecule has 0 bridgehead atoms. The van der Waals surface area contributed by atoms with Gasteiger partial charge in [0.25, 0.3) is 0 Å². The van der Waals surface area contributed by atoms with Crippen LogP contribution >= 0.6 is 11.6 Å². The molecule has 1 N–H and O–H groups in total. The van der Waals surface area contributed by atoms with Crippen molar-refractivity contribution in [3.8, 4) is 0 Å². The molecule has 0 saturated carbocycles. The van der Waals surface area contributed by atoms with Gasteiger partial charge in [-0.15, -0.1) is 0 Å². The molecule has 4 nitrogen and oxygen atoms in total. The fourth-order valence-corrected chi connectivity index (χ4v) is 1.91. The summed E-state index contributed by atoms with van der Waals surface area (Å²) in [7, 11) is 0. The summed E-state index contributed by atoms with van der Waals surface area (Å²) < 4.78 is 1.69. The zero-order valence-corrected chi connectivity index (χ0v) is 9.69. The predicted molar refractivity (Wildman–Crippen MR) is 62.1 cm³/mol. The highest BCUT2D eigenvalue weighted by molar-refractivity contribution is 6.31. The van der Waals surface area contributed by atoms with Crippen molar-refractivity contribution in [2.75, 3.05) is 0 Å². The number of hydrogen-bond donors (Lipinski definition) is 1. The molecule has 1 aromatic carbocycles. The van der Waals surface area contributed by atoms with Gasteiger partial charge in [-0.25, -0.2) is 9.78 Å². The third-order valence-electron chi connectivity index (χ3n) is 2.36. The van der Waals surface area contributed by atoms with Crippen LogP contribution in [0.15, 0.2) is 18.2 Å². The summed E-state index contributed by atoms with van der Waals surface area (Å²) in [6, 6.07) is 5.23. The minimum absolute atomic E-state index is 0.0391. The highest BCUT2D eigenvalue weighted by Crippen LogP contribution is 2.23. The SMILES string of the molecule is CC(C)n1c(C(=O)O)nc2cc(Cl)ccc21. The number of carboxylic acid groups (broad SMARTS) is 1. The van der Waals surface area contributed by atoms with E-state index in [1.165, 1.54) is 0 Å². The van der Waals surface area contributed by atoms with Crippen LogP contribution in [-0.2, 0) is 0 Å². The molecule has 1 aromatic heterocycles. The first-order chi connectivity index (χ1) is 7.50. The Labute approximate surface area is 97.5 Å². The standard InChI is InChI=1S/C11H11ClN2O2/c1-6(2)14-9-4-3-7(12)5-8(9)13-10(14)11(15)16/h3-6H,1-2H3,(H,15,16). The zero-order valence-electron chi connectivity index (χ0n) is 8.94. The van der Waals surface area contributed by atoms with Crippen LogP contribution in [0.1, 0.15) is 30.5 Å². The number of halogens is 1. The Kier molecular flexibility index (Phi) is 2.59. The zero-order chi connectivity index (χ0) is 11.9. The van der Waals surface area contributed by atoms with Gasteiger partial charge < -0.3 is 9.67 Å². The Bertz CT molecular complexity index is 560. The number of rotatable bonds is 2. The maximum absolute atomic E-state index is 11.1. The summed E-state index contributed by atoms with van der Waals surface area (Å²) in [5.74, 6) is -0.978. The van der Waals surface area contributed by atoms with E-state index in [0.717, 1.165) is 5.52 Å². The lowest BCUT2D eigenvalue weighted by Crippen LogP contribution is -2.11. The number of fused-ring (bicyclic) bond motifs is 1. The van der Waals surface area contributed by atoms with E-state index in [2.05, 4.69) is 4.98 Å². The monoisotopic (exact) mass is 238 g/mol. The average Bonchev–Trinajstić information content (AvgIpc) is 2.55. The molecular weight excluding hydrogens is 228 g/mol. The summed E-state index contributed by atoms with van der Waals surface area (Å²) in [5, 5.41) is 9.62. The van der Waals surface area contributed by atoms with Crippen LogP contribution in [0.2, 0.25) is 5.02 Å². The Morgan fingerprint density at radius 3 is 2.75 bits per heavy atom. The number of imidazole rings is 1. The lowest BCUT2D eigenvalue weighted by Gasteiger charge is -2.10. The van der Waals surface area contributed by atoms with Gasteiger partial charge in [-0.3, -0.25) is 0 Å². The van der Waals surface area contributed by atoms with Gasteiger partial charge in [0, 0.05) is 11.1 Å². The number of hydrogen-bond acceptors (Lipinski definition) is 2. The molecule has 1 heterocycles. The van der Waals surface area contributed by atoms with E-state index >= 15 is 0 Å². The lowest BCUT2D eigenvalue weighted by molar-refractivity contribution is 0.0677. The summed E-state index contributed by atoms with van der Waals surface area (Å²) in [5.41, 5.74) is 1.40. The summed E-state index contributed by atoms with van der Waals surface area (Å²) >= 11 is 5.84. The molecule has 84 valence electrons. The van der Waals surface area contributed by atoms with E-state index in [1.54, 1.807) is 22.8 Å². The normalized spacial score (nSPS) is 11.2. The van der Waals surface area contributed by atoms with E-state index < -0.39 is 5.97 Å². The van der Waals surface area contributed by atoms with Gasteiger partial charge >= 0.3 is 5.97 Å². The van der Waals surface area contributed by atoms with E-state index in [0.29, 0.717) is 10.5 Å². The van der Waals surface area contributed by atoms with Crippen LogP contribution in [-0.4, -0.2) is 20.6 Å². The molecule has 0 fully saturated rings. The van der Waals surface area contributed by atoms with E-state index in [-0.39, 0.29) is 11.9 Å². The third-order valence-corrected chi connectivity index (χ3v) is 2.59. The van der Waals surface area contributed by atoms with Crippen LogP contribution in [0.25, 0.3) is 11.0 Å².